The zero-order valence-corrected chi connectivity index (χ0v) is 5.98. The van der Waals surface area contributed by atoms with E-state index in [2.05, 4.69) is 0 Å². The van der Waals surface area contributed by atoms with Crippen LogP contribution < -0.4 is 0 Å². The molecule has 20 valence electrons. The Labute approximate surface area is 60.0 Å². The Kier molecular flexibility index (Phi) is 6.43. The van der Waals surface area contributed by atoms with Crippen molar-refractivity contribution in [1.82, 2.24) is 0 Å². The molecular weight excluding hydrogens is 79.1 g/mol. The summed E-state index contributed by atoms with van der Waals surface area (Å²) in [6.45, 7) is 0.403. The fraction of sp³-hybridized carbons (Fsp3) is 1.00. The molecule has 0 saturated heterocycles. The Hall–Kier alpha value is 1.60. The van der Waals surface area contributed by atoms with Crippen LogP contribution in [0, 0.1) is 0 Å². The van der Waals surface area contributed by atoms with E-state index in [4.69, 9.17) is 5.11 Å². The Morgan fingerprint density at radius 1 is 1.75 bits per heavy atom. The van der Waals surface area contributed by atoms with Gasteiger partial charge < -0.3 is 0 Å². The molecule has 0 aliphatic carbocycles. The van der Waals surface area contributed by atoms with Crippen LogP contribution >= 0.6 is 0 Å². The van der Waals surface area contributed by atoms with Crippen molar-refractivity contribution in [2.24, 2.45) is 0 Å². The van der Waals surface area contributed by atoms with E-state index < -0.39 is 0 Å². The molecule has 0 heterocycles. The average Bonchev–Trinajstić information content (AvgIpc) is 1.37. The minimum absolute atomic E-state index is 0.403. The third-order valence-corrected chi connectivity index (χ3v) is 0.922. The summed E-state index contributed by atoms with van der Waals surface area (Å²) < 4.78 is 1.06. The molecule has 0 spiro atoms. The summed E-state index contributed by atoms with van der Waals surface area (Å²) in [7, 11) is 0. The molecule has 0 unspecified atom stereocenters. The quantitative estimate of drug-likeness (QED) is 0.427. The van der Waals surface area contributed by atoms with Gasteiger partial charge in [-0.1, -0.05) is 0 Å². The predicted molar refractivity (Wildman–Crippen MR) is 17.6 cm³/mol. The molecule has 0 aromatic carbocycles. The zero-order valence-electron chi connectivity index (χ0n) is 2.86. The van der Waals surface area contributed by atoms with E-state index in [-0.39, 0.29) is 0 Å². The van der Waals surface area contributed by atoms with Crippen LogP contribution in [0.3, 0.4) is 0 Å². The molecule has 0 aliphatic heterocycles. The van der Waals surface area contributed by atoms with Crippen LogP contribution in [0.5, 0.6) is 0 Å². The fourth-order valence-electron chi connectivity index (χ4n) is 0. The summed E-state index contributed by atoms with van der Waals surface area (Å²) in [5.74, 6) is 0. The molecule has 0 aromatic rings. The maximum absolute atomic E-state index is 7.92. The Morgan fingerprint density at radius 2 is 2.00 bits per heavy atom. The SMILES string of the molecule is OC[CH2][K]. The van der Waals surface area contributed by atoms with Gasteiger partial charge in [-0.2, -0.15) is 0 Å². The van der Waals surface area contributed by atoms with E-state index in [1.54, 1.807) is 0 Å². The molecule has 0 rings (SSSR count). The molecule has 0 bridgehead atoms. The third-order valence-electron chi connectivity index (χ3n) is 0.224. The van der Waals surface area contributed by atoms with Crippen molar-refractivity contribution in [1.29, 1.82) is 0 Å². The van der Waals surface area contributed by atoms with Crippen molar-refractivity contribution >= 4 is 49.0 Å². The van der Waals surface area contributed by atoms with Crippen LogP contribution in [-0.4, -0.2) is 60.7 Å². The molecule has 0 aromatic heterocycles. The van der Waals surface area contributed by atoms with Gasteiger partial charge in [0.2, 0.25) is 0 Å². The summed E-state index contributed by atoms with van der Waals surface area (Å²) in [5, 5.41) is 7.92. The zero-order chi connectivity index (χ0) is 3.41. The van der Waals surface area contributed by atoms with Crippen LogP contribution in [-0.2, 0) is 0 Å². The van der Waals surface area contributed by atoms with Gasteiger partial charge >= 0.3 is 61.2 Å². The van der Waals surface area contributed by atoms with E-state index in [1.165, 1.54) is 0 Å². The first-order valence-electron chi connectivity index (χ1n) is 1.52. The molecule has 0 fully saturated rings. The van der Waals surface area contributed by atoms with Crippen molar-refractivity contribution in [3.8, 4) is 0 Å². The van der Waals surface area contributed by atoms with Crippen molar-refractivity contribution in [3.63, 3.8) is 0 Å². The molecule has 1 nitrogen and oxygen atoms in total. The molecule has 1 N–H and O–H groups in total. The minimum atomic E-state index is 0.403. The molecule has 0 saturated carbocycles. The van der Waals surface area contributed by atoms with Gasteiger partial charge in [-0.05, 0) is 0 Å². The van der Waals surface area contributed by atoms with Gasteiger partial charge in [0.1, 0.15) is 0 Å². The van der Waals surface area contributed by atoms with Gasteiger partial charge in [-0.15, -0.1) is 0 Å². The Morgan fingerprint density at radius 3 is 2.00 bits per heavy atom. The van der Waals surface area contributed by atoms with E-state index in [9.17, 15) is 0 Å². The van der Waals surface area contributed by atoms with E-state index in [0.29, 0.717) is 6.61 Å². The second kappa shape index (κ2) is 4.60. The van der Waals surface area contributed by atoms with Crippen LogP contribution in [0.4, 0.5) is 0 Å². The summed E-state index contributed by atoms with van der Waals surface area (Å²) in [6, 6.07) is 0. The fourth-order valence-corrected chi connectivity index (χ4v) is 0. The van der Waals surface area contributed by atoms with Crippen LogP contribution in [0.15, 0.2) is 0 Å². The van der Waals surface area contributed by atoms with Gasteiger partial charge in [-0.3, -0.25) is 0 Å². The van der Waals surface area contributed by atoms with Crippen LogP contribution in [0.1, 0.15) is 0 Å². The van der Waals surface area contributed by atoms with E-state index >= 15 is 0 Å². The molecule has 0 atom stereocenters. The summed E-state index contributed by atoms with van der Waals surface area (Å²) in [4.78, 5) is 0. The number of rotatable bonds is 1. The van der Waals surface area contributed by atoms with Gasteiger partial charge in [0.05, 0.1) is 0 Å². The second-order valence-electron chi connectivity index (χ2n) is 0.724. The summed E-state index contributed by atoms with van der Waals surface area (Å²) >= 11 is 0.863. The molecule has 0 aliphatic rings. The normalized spacial score (nSPS) is 7.75. The first kappa shape index (κ1) is 5.60. The van der Waals surface area contributed by atoms with Crippen molar-refractivity contribution < 1.29 is 5.11 Å². The first-order chi connectivity index (χ1) is 1.91. The molecule has 2 heteroatoms. The molecule has 0 amide bonds. The number of hydrogen-bond acceptors (Lipinski definition) is 1. The van der Waals surface area contributed by atoms with Gasteiger partial charge in [0.15, 0.2) is 0 Å². The molecule has 0 radical (unpaired) electrons. The molecular formula is C2H5KO. The van der Waals surface area contributed by atoms with Gasteiger partial charge in [0, 0.05) is 0 Å². The topological polar surface area (TPSA) is 20.2 Å². The van der Waals surface area contributed by atoms with Crippen molar-refractivity contribution in [2.75, 3.05) is 6.61 Å². The van der Waals surface area contributed by atoms with E-state index in [1.807, 2.05) is 0 Å². The maximum atomic E-state index is 7.92. The Bertz CT molecular complexity index is 8.00. The first-order valence-corrected chi connectivity index (χ1v) is 3.73. The summed E-state index contributed by atoms with van der Waals surface area (Å²) in [5.41, 5.74) is 0. The Balaban J connectivity index is 1.97. The van der Waals surface area contributed by atoms with Gasteiger partial charge in [0.25, 0.3) is 0 Å². The van der Waals surface area contributed by atoms with E-state index in [0.717, 1.165) is 49.5 Å². The predicted octanol–water partition coefficient (Wildman–Crippen LogP) is -0.435. The van der Waals surface area contributed by atoms with Crippen molar-refractivity contribution in [3.05, 3.63) is 0 Å². The van der Waals surface area contributed by atoms with Crippen LogP contribution in [0.25, 0.3) is 0 Å². The standard InChI is InChI=1S/C2H5O.K/c1-2-3;/h3H,1-2H2;. The summed E-state index contributed by atoms with van der Waals surface area (Å²) in [6.07, 6.45) is 0. The monoisotopic (exact) mass is 84.0 g/mol. The third kappa shape index (κ3) is 3.60. The van der Waals surface area contributed by atoms with Crippen molar-refractivity contribution in [2.45, 2.75) is 0.515 Å². The number of aliphatic hydroxyl groups excluding tert-OH is 1. The van der Waals surface area contributed by atoms with Gasteiger partial charge in [-0.25, -0.2) is 0 Å². The number of hydrogen-bond donors (Lipinski definition) is 1. The van der Waals surface area contributed by atoms with Crippen LogP contribution in [0.2, 0.25) is 0.515 Å². The number of aliphatic hydroxyl groups is 1. The average molecular weight is 84.2 g/mol. The molecule has 4 heavy (non-hydrogen) atoms. The second-order valence-corrected chi connectivity index (χ2v) is 2.29.